The summed E-state index contributed by atoms with van der Waals surface area (Å²) in [6.07, 6.45) is 2.21. The lowest BCUT2D eigenvalue weighted by atomic mass is 9.91. The van der Waals surface area contributed by atoms with E-state index in [1.807, 2.05) is 55.5 Å². The van der Waals surface area contributed by atoms with E-state index < -0.39 is 6.29 Å². The zero-order valence-electron chi connectivity index (χ0n) is 24.4. The number of amides is 2. The van der Waals surface area contributed by atoms with Crippen LogP contribution in [0.15, 0.2) is 52.9 Å². The van der Waals surface area contributed by atoms with Crippen LogP contribution in [0.5, 0.6) is 0 Å². The first-order valence-corrected chi connectivity index (χ1v) is 16.2. The number of aryl methyl sites for hydroxylation is 1. The van der Waals surface area contributed by atoms with Crippen LogP contribution in [0.2, 0.25) is 0 Å². The lowest BCUT2D eigenvalue weighted by molar-refractivity contribution is -0.268. The van der Waals surface area contributed by atoms with Crippen LogP contribution in [-0.4, -0.2) is 45.5 Å². The van der Waals surface area contributed by atoms with Gasteiger partial charge in [-0.3, -0.25) is 9.59 Å². The number of nitrogens with zero attached hydrogens (tertiary/aromatic N) is 2. The molecule has 4 rings (SSSR count). The monoisotopic (exact) mass is 612 g/mol. The Bertz CT molecular complexity index is 1290. The minimum Gasteiger partial charge on any atom is -0.392 e. The number of carbonyl (C=O) groups excluding carboxylic acids is 2. The van der Waals surface area contributed by atoms with Crippen molar-refractivity contribution >= 4 is 34.9 Å². The molecule has 11 heteroatoms. The minimum atomic E-state index is -0.549. The summed E-state index contributed by atoms with van der Waals surface area (Å²) in [5.41, 5.74) is 3.81. The molecule has 42 heavy (non-hydrogen) atoms. The fraction of sp³-hybridized carbons (Fsp3) is 0.484. The third kappa shape index (κ3) is 9.60. The molecule has 226 valence electrons. The predicted octanol–water partition coefficient (Wildman–Crippen LogP) is 5.24. The summed E-state index contributed by atoms with van der Waals surface area (Å²) in [7, 11) is 0. The van der Waals surface area contributed by atoms with Gasteiger partial charge in [0, 0.05) is 43.7 Å². The number of nitrogens with one attached hydrogen (secondary N) is 2. The summed E-state index contributed by atoms with van der Waals surface area (Å²) in [5, 5.41) is 24.6. The number of benzene rings is 2. The summed E-state index contributed by atoms with van der Waals surface area (Å²) in [5.74, 6) is 0.801. The van der Waals surface area contributed by atoms with Crippen molar-refractivity contribution in [3.63, 3.8) is 0 Å². The average molecular weight is 613 g/mol. The molecule has 0 saturated carbocycles. The van der Waals surface area contributed by atoms with Gasteiger partial charge in [-0.15, -0.1) is 10.2 Å². The molecule has 0 aliphatic carbocycles. The molecule has 2 heterocycles. The maximum Gasteiger partial charge on any atom is 0.220 e. The van der Waals surface area contributed by atoms with E-state index in [4.69, 9.17) is 9.47 Å². The van der Waals surface area contributed by atoms with Gasteiger partial charge in [0.2, 0.25) is 11.8 Å². The fourth-order valence-electron chi connectivity index (χ4n) is 4.73. The summed E-state index contributed by atoms with van der Waals surface area (Å²) >= 11 is 3.23. The van der Waals surface area contributed by atoms with E-state index in [9.17, 15) is 14.7 Å². The molecule has 0 unspecified atom stereocenters. The molecule has 3 N–H and O–H groups in total. The standard InChI is InChI=1S/C31H40N4O5S2/c1-20-27(19-41-31-35-34-22(3)42-31)39-30(40-29(20)25-12-10-24(18-36)11-13-25)26-14-8-23(9-15-26)17-33-28(38)7-5-4-6-16-32-21(2)37/h8-15,20,27,29-30,36H,4-7,16-19H2,1-3H3,(H,32,37)(H,33,38)/t20-,27+,29+,30+/m1/s1. The van der Waals surface area contributed by atoms with Gasteiger partial charge in [0.1, 0.15) is 5.01 Å². The highest BCUT2D eigenvalue weighted by atomic mass is 32.2. The summed E-state index contributed by atoms with van der Waals surface area (Å²) in [6.45, 7) is 6.70. The van der Waals surface area contributed by atoms with Crippen LogP contribution in [0.1, 0.15) is 79.2 Å². The Morgan fingerprint density at radius 1 is 0.952 bits per heavy atom. The Kier molecular flexibility index (Phi) is 12.3. The molecule has 1 aliphatic heterocycles. The highest BCUT2D eigenvalue weighted by Gasteiger charge is 2.38. The first-order chi connectivity index (χ1) is 20.3. The maximum atomic E-state index is 12.3. The van der Waals surface area contributed by atoms with Gasteiger partial charge >= 0.3 is 0 Å². The van der Waals surface area contributed by atoms with E-state index in [1.54, 1.807) is 23.1 Å². The molecule has 2 aromatic carbocycles. The Balaban J connectivity index is 1.35. The molecule has 1 aromatic heterocycles. The summed E-state index contributed by atoms with van der Waals surface area (Å²) in [4.78, 5) is 23.2. The Morgan fingerprint density at radius 3 is 2.33 bits per heavy atom. The van der Waals surface area contributed by atoms with Crippen molar-refractivity contribution in [3.8, 4) is 0 Å². The SMILES string of the molecule is CC(=O)NCCCCCC(=O)NCc1ccc([C@H]2O[C@@H](CSc3nnc(C)s3)[C@@H](C)[C@@H](c3ccc(CO)cc3)O2)cc1. The van der Waals surface area contributed by atoms with Gasteiger partial charge in [0.25, 0.3) is 0 Å². The van der Waals surface area contributed by atoms with Crippen molar-refractivity contribution in [2.45, 2.75) is 82.4 Å². The van der Waals surface area contributed by atoms with E-state index in [0.717, 1.165) is 56.6 Å². The van der Waals surface area contributed by atoms with Gasteiger partial charge in [-0.1, -0.05) is 85.0 Å². The molecule has 3 aromatic rings. The van der Waals surface area contributed by atoms with Gasteiger partial charge in [-0.2, -0.15) is 0 Å². The van der Waals surface area contributed by atoms with Gasteiger partial charge in [-0.05, 0) is 36.5 Å². The van der Waals surface area contributed by atoms with Crippen LogP contribution in [0.4, 0.5) is 0 Å². The van der Waals surface area contributed by atoms with E-state index in [2.05, 4.69) is 27.8 Å². The topological polar surface area (TPSA) is 123 Å². The predicted molar refractivity (Wildman–Crippen MR) is 164 cm³/mol. The van der Waals surface area contributed by atoms with Gasteiger partial charge < -0.3 is 25.2 Å². The third-order valence-electron chi connectivity index (χ3n) is 7.20. The number of carbonyl (C=O) groups is 2. The number of aromatic nitrogens is 2. The Labute approximate surface area is 255 Å². The molecule has 2 amide bonds. The quantitative estimate of drug-likeness (QED) is 0.167. The highest BCUT2D eigenvalue weighted by molar-refractivity contribution is 8.01. The molecule has 9 nitrogen and oxygen atoms in total. The summed E-state index contributed by atoms with van der Waals surface area (Å²) in [6, 6.07) is 15.9. The number of ether oxygens (including phenoxy) is 2. The molecule has 4 atom stereocenters. The highest BCUT2D eigenvalue weighted by Crippen LogP contribution is 2.43. The molecule has 0 spiro atoms. The maximum absolute atomic E-state index is 12.3. The number of rotatable bonds is 14. The van der Waals surface area contributed by atoms with Crippen molar-refractivity contribution < 1.29 is 24.2 Å². The number of hydrogen-bond acceptors (Lipinski definition) is 9. The normalized spacial score (nSPS) is 20.3. The van der Waals surface area contributed by atoms with Crippen LogP contribution in [-0.2, 0) is 32.2 Å². The van der Waals surface area contributed by atoms with E-state index >= 15 is 0 Å². The van der Waals surface area contributed by atoms with Crippen molar-refractivity contribution in [2.75, 3.05) is 12.3 Å². The molecule has 0 bridgehead atoms. The van der Waals surface area contributed by atoms with E-state index in [1.165, 1.54) is 6.92 Å². The van der Waals surface area contributed by atoms with Crippen LogP contribution in [0.3, 0.4) is 0 Å². The second-order valence-electron chi connectivity index (χ2n) is 10.5. The summed E-state index contributed by atoms with van der Waals surface area (Å²) < 4.78 is 14.0. The second-order valence-corrected chi connectivity index (χ2v) is 13.0. The number of aliphatic hydroxyl groups is 1. The Hall–Kier alpha value is -2.83. The number of thioether (sulfide) groups is 1. The van der Waals surface area contributed by atoms with Crippen molar-refractivity contribution in [2.24, 2.45) is 5.92 Å². The largest absolute Gasteiger partial charge is 0.392 e. The molecule has 1 aliphatic rings. The molecule has 1 saturated heterocycles. The van der Waals surface area contributed by atoms with Crippen LogP contribution in [0.25, 0.3) is 0 Å². The molecular weight excluding hydrogens is 572 g/mol. The smallest absolute Gasteiger partial charge is 0.220 e. The lowest BCUT2D eigenvalue weighted by Crippen LogP contribution is -2.38. The van der Waals surface area contributed by atoms with Crippen LogP contribution in [0, 0.1) is 12.8 Å². The van der Waals surface area contributed by atoms with Gasteiger partial charge in [0.05, 0.1) is 18.8 Å². The first kappa shape index (κ1) is 32.1. The van der Waals surface area contributed by atoms with E-state index in [-0.39, 0.29) is 36.5 Å². The zero-order valence-corrected chi connectivity index (χ0v) is 26.0. The van der Waals surface area contributed by atoms with E-state index in [0.29, 0.717) is 19.5 Å². The van der Waals surface area contributed by atoms with Gasteiger partial charge in [0.15, 0.2) is 10.6 Å². The van der Waals surface area contributed by atoms with Gasteiger partial charge in [-0.25, -0.2) is 0 Å². The first-order valence-electron chi connectivity index (χ1n) is 14.4. The fourth-order valence-corrected chi connectivity index (χ4v) is 6.74. The van der Waals surface area contributed by atoms with Crippen molar-refractivity contribution in [3.05, 3.63) is 75.8 Å². The number of unbranched alkanes of at least 4 members (excludes halogenated alkanes) is 2. The Morgan fingerprint density at radius 2 is 1.67 bits per heavy atom. The lowest BCUT2D eigenvalue weighted by Gasteiger charge is -2.41. The third-order valence-corrected chi connectivity index (χ3v) is 9.26. The molecule has 1 fully saturated rings. The van der Waals surface area contributed by atoms with Crippen molar-refractivity contribution in [1.29, 1.82) is 0 Å². The number of aliphatic hydroxyl groups excluding tert-OH is 1. The molecule has 0 radical (unpaired) electrons. The van der Waals surface area contributed by atoms with Crippen molar-refractivity contribution in [1.82, 2.24) is 20.8 Å². The molecular formula is C31H40N4O5S2. The van der Waals surface area contributed by atoms with Crippen LogP contribution >= 0.6 is 23.1 Å². The number of hydrogen-bond donors (Lipinski definition) is 3. The second kappa shape index (κ2) is 16.1. The minimum absolute atomic E-state index is 0.000359. The average Bonchev–Trinajstić information content (AvgIpc) is 3.42. The zero-order chi connectivity index (χ0) is 29.9. The van der Waals surface area contributed by atoms with Crippen LogP contribution < -0.4 is 10.6 Å².